The van der Waals surface area contributed by atoms with Gasteiger partial charge < -0.3 is 9.47 Å². The minimum absolute atomic E-state index is 0.344. The molecule has 37 heavy (non-hydrogen) atoms. The maximum Gasteiger partial charge on any atom is 0.185 e. The standard InChI is InChI=1S/C32H42O4S/c1-22(2)14-13-15-23(3)20-29(37(33,34)28-16-11-10-12-17-28)21-24(4)18-19-30-25(5)26(6)31(35-8)32(36-9)27(30)7/h1,10-12,14,16-18,20,29H,13,15,19,21H2,2-9H3/b22-14-,23-20+,24-18+. The summed E-state index contributed by atoms with van der Waals surface area (Å²) >= 11 is 0. The lowest BCUT2D eigenvalue weighted by molar-refractivity contribution is 0.350. The Kier molecular flexibility index (Phi) is 11.2. The second kappa shape index (κ2) is 13.7. The first-order valence-electron chi connectivity index (χ1n) is 12.7. The fourth-order valence-corrected chi connectivity index (χ4v) is 6.38. The molecule has 0 fully saturated rings. The second-order valence-electron chi connectivity index (χ2n) is 9.78. The molecule has 0 spiro atoms. The maximum absolute atomic E-state index is 13.6. The van der Waals surface area contributed by atoms with E-state index in [4.69, 9.17) is 16.4 Å². The van der Waals surface area contributed by atoms with E-state index in [-0.39, 0.29) is 0 Å². The van der Waals surface area contributed by atoms with E-state index in [9.17, 15) is 8.42 Å². The van der Waals surface area contributed by atoms with Crippen LogP contribution in [0, 0.1) is 27.7 Å². The molecule has 0 aromatic heterocycles. The Hall–Kier alpha value is -2.79. The predicted octanol–water partition coefficient (Wildman–Crippen LogP) is 7.73. The predicted molar refractivity (Wildman–Crippen MR) is 154 cm³/mol. The van der Waals surface area contributed by atoms with Crippen LogP contribution in [-0.4, -0.2) is 27.9 Å². The molecule has 5 heteroatoms. The summed E-state index contributed by atoms with van der Waals surface area (Å²) in [6.07, 6.45) is 8.68. The molecule has 0 aliphatic rings. The third-order valence-corrected chi connectivity index (χ3v) is 8.92. The molecule has 0 amide bonds. The van der Waals surface area contributed by atoms with E-state index in [1.54, 1.807) is 38.5 Å². The molecule has 4 nitrogen and oxygen atoms in total. The van der Waals surface area contributed by atoms with Gasteiger partial charge in [-0.3, -0.25) is 0 Å². The van der Waals surface area contributed by atoms with Crippen LogP contribution in [0.4, 0.5) is 0 Å². The van der Waals surface area contributed by atoms with Crippen molar-refractivity contribution in [2.24, 2.45) is 0 Å². The highest BCUT2D eigenvalue weighted by Crippen LogP contribution is 2.39. The number of rotatable bonds is 12. The number of hydrogen-bond donors (Lipinski definition) is 0. The number of allylic oxidation sites excluding steroid dienone is 5. The molecule has 2 aromatic rings. The lowest BCUT2D eigenvalue weighted by Crippen LogP contribution is -2.20. The van der Waals surface area contributed by atoms with E-state index in [0.29, 0.717) is 17.7 Å². The van der Waals surface area contributed by atoms with Crippen molar-refractivity contribution in [1.29, 1.82) is 0 Å². The Morgan fingerprint density at radius 1 is 0.892 bits per heavy atom. The summed E-state index contributed by atoms with van der Waals surface area (Å²) in [5, 5.41) is -0.650. The largest absolute Gasteiger partial charge is 0.493 e. The molecule has 200 valence electrons. The van der Waals surface area contributed by atoms with Gasteiger partial charge in [-0.2, -0.15) is 0 Å². The highest BCUT2D eigenvalue weighted by atomic mass is 32.2. The Morgan fingerprint density at radius 2 is 1.49 bits per heavy atom. The molecule has 2 rings (SSSR count). The van der Waals surface area contributed by atoms with Gasteiger partial charge in [0.15, 0.2) is 21.3 Å². The average molecular weight is 523 g/mol. The van der Waals surface area contributed by atoms with Gasteiger partial charge in [-0.25, -0.2) is 8.42 Å². The van der Waals surface area contributed by atoms with E-state index >= 15 is 0 Å². The lowest BCUT2D eigenvalue weighted by Gasteiger charge is -2.20. The zero-order valence-electron chi connectivity index (χ0n) is 23.6. The summed E-state index contributed by atoms with van der Waals surface area (Å²) < 4.78 is 38.5. The van der Waals surface area contributed by atoms with Gasteiger partial charge in [-0.15, -0.1) is 0 Å². The molecule has 2 radical (unpaired) electrons. The minimum atomic E-state index is -3.55. The minimum Gasteiger partial charge on any atom is -0.493 e. The number of sulfone groups is 1. The van der Waals surface area contributed by atoms with E-state index in [1.165, 1.54) is 5.56 Å². The van der Waals surface area contributed by atoms with Crippen molar-refractivity contribution < 1.29 is 17.9 Å². The average Bonchev–Trinajstić information content (AvgIpc) is 2.85. The fraction of sp³-hybridized carbons (Fsp3) is 0.406. The number of benzene rings is 2. The van der Waals surface area contributed by atoms with Crippen molar-refractivity contribution in [1.82, 2.24) is 0 Å². The molecule has 0 bridgehead atoms. The monoisotopic (exact) mass is 522 g/mol. The van der Waals surface area contributed by atoms with Crippen LogP contribution in [0.2, 0.25) is 0 Å². The van der Waals surface area contributed by atoms with Crippen LogP contribution in [-0.2, 0) is 16.3 Å². The van der Waals surface area contributed by atoms with Crippen LogP contribution in [0.15, 0.2) is 70.2 Å². The first kappa shape index (κ1) is 30.4. The van der Waals surface area contributed by atoms with Gasteiger partial charge in [-0.05, 0) is 109 Å². The third-order valence-electron chi connectivity index (χ3n) is 6.89. The Bertz CT molecular complexity index is 1260. The molecular weight excluding hydrogens is 480 g/mol. The quantitative estimate of drug-likeness (QED) is 0.268. The SMILES string of the molecule is [CH]/C(C)=C/CC/C(C)=C/C(C/C(C)=C/Cc1c(C)c(C)c(OC)c(OC)c1C)S(=O)(=O)c1ccccc1. The van der Waals surface area contributed by atoms with Gasteiger partial charge in [-0.1, -0.05) is 53.1 Å². The van der Waals surface area contributed by atoms with Crippen LogP contribution in [0.5, 0.6) is 11.5 Å². The third kappa shape index (κ3) is 7.85. The zero-order chi connectivity index (χ0) is 27.8. The molecule has 0 aliphatic heterocycles. The van der Waals surface area contributed by atoms with E-state index in [1.807, 2.05) is 52.8 Å². The second-order valence-corrected chi connectivity index (χ2v) is 11.9. The van der Waals surface area contributed by atoms with Gasteiger partial charge in [0.25, 0.3) is 0 Å². The van der Waals surface area contributed by atoms with Crippen molar-refractivity contribution >= 4 is 9.84 Å². The Morgan fingerprint density at radius 3 is 2.05 bits per heavy atom. The van der Waals surface area contributed by atoms with E-state index in [0.717, 1.165) is 57.8 Å². The number of ether oxygens (including phenoxy) is 2. The molecule has 1 atom stereocenters. The van der Waals surface area contributed by atoms with Gasteiger partial charge in [0, 0.05) is 0 Å². The van der Waals surface area contributed by atoms with Crippen molar-refractivity contribution in [3.63, 3.8) is 0 Å². The van der Waals surface area contributed by atoms with E-state index in [2.05, 4.69) is 13.0 Å². The summed E-state index contributed by atoms with van der Waals surface area (Å²) in [4.78, 5) is 0.344. The van der Waals surface area contributed by atoms with Crippen LogP contribution in [0.1, 0.15) is 62.3 Å². The van der Waals surface area contributed by atoms with Gasteiger partial charge in [0.05, 0.1) is 24.4 Å². The summed E-state index contributed by atoms with van der Waals surface area (Å²) in [6.45, 7) is 17.8. The highest BCUT2D eigenvalue weighted by molar-refractivity contribution is 7.92. The first-order chi connectivity index (χ1) is 17.4. The van der Waals surface area contributed by atoms with Crippen LogP contribution in [0.25, 0.3) is 0 Å². The molecule has 0 aliphatic carbocycles. The molecule has 1 unspecified atom stereocenters. The first-order valence-corrected chi connectivity index (χ1v) is 14.2. The Balaban J connectivity index is 2.41. The van der Waals surface area contributed by atoms with E-state index < -0.39 is 15.1 Å². The highest BCUT2D eigenvalue weighted by Gasteiger charge is 2.26. The summed E-state index contributed by atoms with van der Waals surface area (Å²) in [6, 6.07) is 8.71. The summed E-state index contributed by atoms with van der Waals surface area (Å²) in [7, 11) is -0.240. The molecule has 0 saturated carbocycles. The number of methoxy groups -OCH3 is 2. The normalized spacial score (nSPS) is 14.0. The van der Waals surface area contributed by atoms with Gasteiger partial charge in [0.2, 0.25) is 0 Å². The molecule has 0 heterocycles. The smallest absolute Gasteiger partial charge is 0.185 e. The maximum atomic E-state index is 13.6. The lowest BCUT2D eigenvalue weighted by atomic mass is 9.93. The molecule has 0 saturated heterocycles. The van der Waals surface area contributed by atoms with Crippen molar-refractivity contribution in [3.05, 3.63) is 94.5 Å². The van der Waals surface area contributed by atoms with Gasteiger partial charge >= 0.3 is 0 Å². The van der Waals surface area contributed by atoms with Gasteiger partial charge in [0.1, 0.15) is 0 Å². The van der Waals surface area contributed by atoms with Crippen LogP contribution in [0.3, 0.4) is 0 Å². The van der Waals surface area contributed by atoms with Crippen LogP contribution < -0.4 is 9.47 Å². The van der Waals surface area contributed by atoms with Crippen molar-refractivity contribution in [2.75, 3.05) is 14.2 Å². The van der Waals surface area contributed by atoms with Crippen molar-refractivity contribution in [2.45, 2.75) is 77.4 Å². The molecule has 2 aromatic carbocycles. The van der Waals surface area contributed by atoms with Crippen molar-refractivity contribution in [3.8, 4) is 11.5 Å². The topological polar surface area (TPSA) is 52.6 Å². The summed E-state index contributed by atoms with van der Waals surface area (Å²) in [5.74, 6) is 1.51. The Labute approximate surface area is 225 Å². The zero-order valence-corrected chi connectivity index (χ0v) is 24.5. The summed E-state index contributed by atoms with van der Waals surface area (Å²) in [5.41, 5.74) is 7.26. The molecule has 0 N–H and O–H groups in total. The van der Waals surface area contributed by atoms with Crippen LogP contribution >= 0.6 is 0 Å². The fourth-order valence-electron chi connectivity index (χ4n) is 4.60. The molecular formula is C32H42O4S. The number of hydrogen-bond acceptors (Lipinski definition) is 4.